The Hall–Kier alpha value is -0.570. The van der Waals surface area contributed by atoms with E-state index >= 15 is 0 Å². The molecule has 1 amide bonds. The van der Waals surface area contributed by atoms with Crippen LogP contribution in [0.25, 0.3) is 0 Å². The van der Waals surface area contributed by atoms with Crippen LogP contribution in [0.3, 0.4) is 0 Å². The van der Waals surface area contributed by atoms with E-state index in [0.717, 1.165) is 19.4 Å². The van der Waals surface area contributed by atoms with Crippen LogP contribution < -0.4 is 5.73 Å². The van der Waals surface area contributed by atoms with E-state index in [1.165, 1.54) is 25.7 Å². The lowest BCUT2D eigenvalue weighted by Crippen LogP contribution is -2.38. The van der Waals surface area contributed by atoms with Crippen molar-refractivity contribution in [1.29, 1.82) is 0 Å². The fourth-order valence-electron chi connectivity index (χ4n) is 2.57. The van der Waals surface area contributed by atoms with E-state index in [1.54, 1.807) is 0 Å². The number of nitrogens with zero attached hydrogens (tertiary/aromatic N) is 1. The topological polar surface area (TPSA) is 46.3 Å². The van der Waals surface area contributed by atoms with E-state index in [9.17, 15) is 4.79 Å². The Balaban J connectivity index is 2.31. The molecule has 1 rings (SSSR count). The maximum Gasteiger partial charge on any atom is 0.222 e. The molecule has 0 saturated heterocycles. The average Bonchev–Trinajstić information content (AvgIpc) is 2.71. The summed E-state index contributed by atoms with van der Waals surface area (Å²) >= 11 is 0. The molecule has 1 fully saturated rings. The largest absolute Gasteiger partial charge is 0.340 e. The molecule has 16 heavy (non-hydrogen) atoms. The summed E-state index contributed by atoms with van der Waals surface area (Å²) in [5.41, 5.74) is 5.68. The van der Waals surface area contributed by atoms with Crippen molar-refractivity contribution >= 4 is 5.91 Å². The third-order valence-electron chi connectivity index (χ3n) is 3.48. The Bertz CT molecular complexity index is 210. The third-order valence-corrected chi connectivity index (χ3v) is 3.48. The van der Waals surface area contributed by atoms with Gasteiger partial charge in [0.2, 0.25) is 5.91 Å². The van der Waals surface area contributed by atoms with Crippen LogP contribution in [0.4, 0.5) is 0 Å². The van der Waals surface area contributed by atoms with Crippen LogP contribution in [0.2, 0.25) is 0 Å². The van der Waals surface area contributed by atoms with E-state index < -0.39 is 0 Å². The average molecular weight is 226 g/mol. The first-order valence-corrected chi connectivity index (χ1v) is 6.70. The molecule has 3 heteroatoms. The Morgan fingerprint density at radius 1 is 1.44 bits per heavy atom. The van der Waals surface area contributed by atoms with Crippen molar-refractivity contribution in [2.24, 2.45) is 5.73 Å². The molecule has 0 radical (unpaired) electrons. The van der Waals surface area contributed by atoms with Gasteiger partial charge in [0.05, 0.1) is 0 Å². The zero-order valence-corrected chi connectivity index (χ0v) is 10.7. The van der Waals surface area contributed by atoms with Gasteiger partial charge in [0.15, 0.2) is 0 Å². The maximum atomic E-state index is 12.0. The molecular formula is C13H26N2O. The zero-order valence-electron chi connectivity index (χ0n) is 10.7. The molecule has 0 aromatic heterocycles. The van der Waals surface area contributed by atoms with Crippen molar-refractivity contribution in [2.45, 2.75) is 70.9 Å². The molecule has 1 aliphatic rings. The monoisotopic (exact) mass is 226 g/mol. The van der Waals surface area contributed by atoms with Crippen LogP contribution in [-0.2, 0) is 4.79 Å². The highest BCUT2D eigenvalue weighted by Gasteiger charge is 2.24. The second kappa shape index (κ2) is 6.89. The Kier molecular flexibility index (Phi) is 5.81. The highest BCUT2D eigenvalue weighted by Crippen LogP contribution is 2.24. The van der Waals surface area contributed by atoms with Gasteiger partial charge in [-0.25, -0.2) is 0 Å². The van der Waals surface area contributed by atoms with Gasteiger partial charge in [0, 0.05) is 25.0 Å². The van der Waals surface area contributed by atoms with Gasteiger partial charge in [-0.3, -0.25) is 4.79 Å². The number of carbonyl (C=O) groups is 1. The van der Waals surface area contributed by atoms with E-state index in [0.29, 0.717) is 18.4 Å². The van der Waals surface area contributed by atoms with Gasteiger partial charge in [-0.2, -0.15) is 0 Å². The minimum Gasteiger partial charge on any atom is -0.340 e. The number of hydrogen-bond acceptors (Lipinski definition) is 2. The smallest absolute Gasteiger partial charge is 0.222 e. The van der Waals surface area contributed by atoms with E-state index in [2.05, 4.69) is 11.8 Å². The van der Waals surface area contributed by atoms with Gasteiger partial charge in [-0.1, -0.05) is 12.8 Å². The van der Waals surface area contributed by atoms with Crippen LogP contribution in [0, 0.1) is 0 Å². The normalized spacial score (nSPS) is 18.7. The van der Waals surface area contributed by atoms with Crippen LogP contribution >= 0.6 is 0 Å². The van der Waals surface area contributed by atoms with Gasteiger partial charge >= 0.3 is 0 Å². The molecule has 1 saturated carbocycles. The molecule has 0 bridgehead atoms. The van der Waals surface area contributed by atoms with Crippen molar-refractivity contribution in [3.63, 3.8) is 0 Å². The molecule has 0 aromatic carbocycles. The van der Waals surface area contributed by atoms with Gasteiger partial charge in [0.25, 0.3) is 0 Å². The summed E-state index contributed by atoms with van der Waals surface area (Å²) in [6.45, 7) is 4.95. The van der Waals surface area contributed by atoms with Crippen molar-refractivity contribution in [1.82, 2.24) is 4.90 Å². The second-order valence-electron chi connectivity index (χ2n) is 4.99. The summed E-state index contributed by atoms with van der Waals surface area (Å²) < 4.78 is 0. The maximum absolute atomic E-state index is 12.0. The van der Waals surface area contributed by atoms with Gasteiger partial charge < -0.3 is 10.6 Å². The van der Waals surface area contributed by atoms with Crippen LogP contribution in [0.15, 0.2) is 0 Å². The molecule has 94 valence electrons. The molecule has 0 spiro atoms. The van der Waals surface area contributed by atoms with E-state index in [-0.39, 0.29) is 6.04 Å². The van der Waals surface area contributed by atoms with Gasteiger partial charge in [-0.05, 0) is 39.5 Å². The number of rotatable bonds is 6. The molecule has 1 unspecified atom stereocenters. The summed E-state index contributed by atoms with van der Waals surface area (Å²) in [7, 11) is 0. The predicted octanol–water partition coefficient (Wildman–Crippen LogP) is 2.29. The minimum absolute atomic E-state index is 0.217. The Morgan fingerprint density at radius 2 is 2.06 bits per heavy atom. The molecule has 2 N–H and O–H groups in total. The van der Waals surface area contributed by atoms with Crippen LogP contribution in [0.5, 0.6) is 0 Å². The van der Waals surface area contributed by atoms with Crippen LogP contribution in [0.1, 0.15) is 58.8 Å². The number of carbonyl (C=O) groups excluding carboxylic acids is 1. The molecule has 0 heterocycles. The summed E-state index contributed by atoms with van der Waals surface area (Å²) in [6, 6.07) is 0.738. The highest BCUT2D eigenvalue weighted by atomic mass is 16.2. The lowest BCUT2D eigenvalue weighted by molar-refractivity contribution is -0.133. The fourth-order valence-corrected chi connectivity index (χ4v) is 2.57. The molecule has 3 nitrogen and oxygen atoms in total. The quantitative estimate of drug-likeness (QED) is 0.755. The van der Waals surface area contributed by atoms with E-state index in [1.807, 2.05) is 6.92 Å². The number of hydrogen-bond donors (Lipinski definition) is 1. The summed E-state index contributed by atoms with van der Waals surface area (Å²) in [5.74, 6) is 0.329. The molecule has 1 atom stereocenters. The van der Waals surface area contributed by atoms with Crippen molar-refractivity contribution in [2.75, 3.05) is 6.54 Å². The zero-order chi connectivity index (χ0) is 12.0. The lowest BCUT2D eigenvalue weighted by atomic mass is 10.1. The molecule has 1 aliphatic carbocycles. The minimum atomic E-state index is 0.217. The van der Waals surface area contributed by atoms with Crippen molar-refractivity contribution in [3.05, 3.63) is 0 Å². The van der Waals surface area contributed by atoms with Gasteiger partial charge in [-0.15, -0.1) is 0 Å². The first-order chi connectivity index (χ1) is 7.65. The fraction of sp³-hybridized carbons (Fsp3) is 0.923. The molecular weight excluding hydrogens is 200 g/mol. The highest BCUT2D eigenvalue weighted by molar-refractivity contribution is 5.76. The molecule has 0 aromatic rings. The number of amides is 1. The summed E-state index contributed by atoms with van der Waals surface area (Å²) in [5, 5.41) is 0. The first kappa shape index (κ1) is 13.5. The van der Waals surface area contributed by atoms with Crippen LogP contribution in [-0.4, -0.2) is 29.4 Å². The number of nitrogens with two attached hydrogens (primary N) is 1. The van der Waals surface area contributed by atoms with Crippen molar-refractivity contribution < 1.29 is 4.79 Å². The first-order valence-electron chi connectivity index (χ1n) is 6.70. The van der Waals surface area contributed by atoms with Crippen molar-refractivity contribution in [3.8, 4) is 0 Å². The van der Waals surface area contributed by atoms with E-state index in [4.69, 9.17) is 5.73 Å². The summed E-state index contributed by atoms with van der Waals surface area (Å²) in [4.78, 5) is 14.1. The second-order valence-corrected chi connectivity index (χ2v) is 4.99. The lowest BCUT2D eigenvalue weighted by Gasteiger charge is -2.27. The third kappa shape index (κ3) is 4.12. The Labute approximate surface area is 99.4 Å². The molecule has 0 aliphatic heterocycles. The standard InChI is InChI=1S/C13H26N2O/c1-3-15(12-8-4-5-9-12)13(16)10-6-7-11(2)14/h11-12H,3-10,14H2,1-2H3. The SMILES string of the molecule is CCN(C(=O)CCCC(C)N)C1CCCC1. The van der Waals surface area contributed by atoms with Gasteiger partial charge in [0.1, 0.15) is 0 Å². The Morgan fingerprint density at radius 3 is 2.56 bits per heavy atom. The summed E-state index contributed by atoms with van der Waals surface area (Å²) in [6.07, 6.45) is 7.53. The predicted molar refractivity (Wildman–Crippen MR) is 67.1 cm³/mol.